The molecular formula is C26H21N3O4. The van der Waals surface area contributed by atoms with Crippen molar-refractivity contribution in [2.24, 2.45) is 0 Å². The fourth-order valence-electron chi connectivity index (χ4n) is 6.67. The first kappa shape index (κ1) is 18.1. The maximum Gasteiger partial charge on any atom is 0.252 e. The number of amides is 1. The van der Waals surface area contributed by atoms with Gasteiger partial charge >= 0.3 is 0 Å². The maximum absolute atomic E-state index is 13.2. The zero-order chi connectivity index (χ0) is 22.2. The van der Waals surface area contributed by atoms with Gasteiger partial charge in [-0.2, -0.15) is 0 Å². The Morgan fingerprint density at radius 3 is 2.48 bits per heavy atom. The molecule has 33 heavy (non-hydrogen) atoms. The van der Waals surface area contributed by atoms with Gasteiger partial charge < -0.3 is 29.4 Å². The van der Waals surface area contributed by atoms with E-state index in [4.69, 9.17) is 4.74 Å². The van der Waals surface area contributed by atoms with Crippen molar-refractivity contribution in [2.45, 2.75) is 44.1 Å². The van der Waals surface area contributed by atoms with Crippen molar-refractivity contribution in [1.82, 2.24) is 14.5 Å². The molecule has 2 bridgehead atoms. The summed E-state index contributed by atoms with van der Waals surface area (Å²) in [6, 6.07) is 16.1. The average molecular weight is 439 g/mol. The number of hydrogen-bond acceptors (Lipinski definition) is 4. The van der Waals surface area contributed by atoms with Crippen LogP contribution in [0.5, 0.6) is 0 Å². The molecule has 5 aromatic rings. The first-order valence-corrected chi connectivity index (χ1v) is 11.3. The Balaban J connectivity index is 1.77. The van der Waals surface area contributed by atoms with Crippen LogP contribution in [0.25, 0.3) is 43.6 Å². The van der Waals surface area contributed by atoms with Crippen molar-refractivity contribution in [1.29, 1.82) is 0 Å². The molecule has 1 saturated heterocycles. The van der Waals surface area contributed by atoms with Crippen LogP contribution in [0, 0.1) is 0 Å². The second-order valence-corrected chi connectivity index (χ2v) is 9.60. The normalized spacial score (nSPS) is 28.2. The average Bonchev–Trinajstić information content (AvgIpc) is 3.45. The van der Waals surface area contributed by atoms with Crippen LogP contribution in [-0.2, 0) is 17.0 Å². The van der Waals surface area contributed by atoms with Gasteiger partial charge in [-0.15, -0.1) is 0 Å². The Bertz CT molecular complexity index is 1710. The van der Waals surface area contributed by atoms with Gasteiger partial charge in [0, 0.05) is 34.5 Å². The smallest absolute Gasteiger partial charge is 0.252 e. The second-order valence-electron chi connectivity index (χ2n) is 9.60. The van der Waals surface area contributed by atoms with Crippen LogP contribution in [0.15, 0.2) is 48.5 Å². The lowest BCUT2D eigenvalue weighted by Crippen LogP contribution is -2.55. The predicted molar refractivity (Wildman–Crippen MR) is 124 cm³/mol. The molecule has 1 fully saturated rings. The summed E-state index contributed by atoms with van der Waals surface area (Å²) in [5.74, 6) is -0.0638. The number of ether oxygens (including phenoxy) is 1. The number of para-hydroxylation sites is 2. The number of carbonyl (C=O) groups excluding carboxylic acids is 1. The van der Waals surface area contributed by atoms with Crippen LogP contribution in [0.4, 0.5) is 0 Å². The number of aliphatic hydroxyl groups excluding tert-OH is 2. The van der Waals surface area contributed by atoms with E-state index in [1.807, 2.05) is 49.4 Å². The zero-order valence-corrected chi connectivity index (χ0v) is 17.9. The van der Waals surface area contributed by atoms with E-state index < -0.39 is 24.2 Å². The molecular weight excluding hydrogens is 418 g/mol. The zero-order valence-electron chi connectivity index (χ0n) is 17.9. The van der Waals surface area contributed by atoms with Crippen LogP contribution < -0.4 is 5.32 Å². The molecule has 164 valence electrons. The van der Waals surface area contributed by atoms with Gasteiger partial charge in [-0.1, -0.05) is 36.4 Å². The van der Waals surface area contributed by atoms with Gasteiger partial charge in [0.1, 0.15) is 12.3 Å². The Morgan fingerprint density at radius 2 is 1.70 bits per heavy atom. The summed E-state index contributed by atoms with van der Waals surface area (Å²) in [7, 11) is 0. The van der Waals surface area contributed by atoms with E-state index in [9.17, 15) is 15.0 Å². The van der Waals surface area contributed by atoms with Gasteiger partial charge in [0.15, 0.2) is 5.72 Å². The first-order chi connectivity index (χ1) is 16.0. The molecule has 5 heterocycles. The van der Waals surface area contributed by atoms with Crippen molar-refractivity contribution in [3.8, 4) is 0 Å². The number of hydrogen-bond donors (Lipinski definition) is 3. The lowest BCUT2D eigenvalue weighted by molar-refractivity contribution is -0.272. The standard InChI is InChI=1S/C26H21N3O4/c1-26-24(31)17(30)10-18(33-26)28-15-8-4-2-6-12(15)20-21-14(11-27-25(21)32)19-13-7-3-5-9-16(13)29(26)23(19)22(20)28/h2-9,17-18,24,30-31H,10-11H2,1H3,(H,27,32)/t17-,18+,24+,26-/m0/s1. The molecule has 1 amide bonds. The molecule has 2 aromatic heterocycles. The number of carbonyl (C=O) groups is 1. The SMILES string of the molecule is C[C@]12O[C@H](C[C@H](O)[C@H]1O)n1c3ccccc3c3c4c(c5c6ccccc6n2c5c31)CNC4=O. The highest BCUT2D eigenvalue weighted by Crippen LogP contribution is 2.53. The third-order valence-corrected chi connectivity index (χ3v) is 7.98. The number of rotatable bonds is 0. The number of nitrogens with zero attached hydrogens (tertiary/aromatic N) is 2. The summed E-state index contributed by atoms with van der Waals surface area (Å²) < 4.78 is 10.9. The van der Waals surface area contributed by atoms with Crippen LogP contribution in [0.2, 0.25) is 0 Å². The van der Waals surface area contributed by atoms with Gasteiger partial charge in [0.25, 0.3) is 5.91 Å². The minimum Gasteiger partial charge on any atom is -0.390 e. The van der Waals surface area contributed by atoms with Crippen LogP contribution in [0.3, 0.4) is 0 Å². The van der Waals surface area contributed by atoms with Crippen LogP contribution in [-0.4, -0.2) is 37.5 Å². The lowest BCUT2D eigenvalue weighted by Gasteiger charge is -2.45. The molecule has 0 aliphatic carbocycles. The van der Waals surface area contributed by atoms with Crippen molar-refractivity contribution >= 4 is 49.5 Å². The number of aliphatic hydroxyl groups is 2. The quantitative estimate of drug-likeness (QED) is 0.345. The highest BCUT2D eigenvalue weighted by Gasteiger charge is 2.52. The number of nitrogens with one attached hydrogen (secondary N) is 1. The second kappa shape index (κ2) is 5.56. The minimum atomic E-state index is -1.18. The molecule has 4 atom stereocenters. The highest BCUT2D eigenvalue weighted by atomic mass is 16.6. The fraction of sp³-hybridized carbons (Fsp3) is 0.269. The molecule has 3 N–H and O–H groups in total. The van der Waals surface area contributed by atoms with Gasteiger partial charge in [-0.3, -0.25) is 4.79 Å². The predicted octanol–water partition coefficient (Wildman–Crippen LogP) is 3.47. The molecule has 3 aliphatic rings. The van der Waals surface area contributed by atoms with E-state index in [0.29, 0.717) is 6.54 Å². The van der Waals surface area contributed by atoms with E-state index >= 15 is 0 Å². The van der Waals surface area contributed by atoms with Crippen LogP contribution in [0.1, 0.15) is 35.5 Å². The van der Waals surface area contributed by atoms with Gasteiger partial charge in [0.05, 0.1) is 33.7 Å². The largest absolute Gasteiger partial charge is 0.390 e. The Hall–Kier alpha value is -3.39. The summed E-state index contributed by atoms with van der Waals surface area (Å²) in [4.78, 5) is 13.2. The molecule has 7 nitrogen and oxygen atoms in total. The molecule has 3 aromatic carbocycles. The molecule has 3 aliphatic heterocycles. The van der Waals surface area contributed by atoms with E-state index in [0.717, 1.165) is 54.7 Å². The Morgan fingerprint density at radius 1 is 1.00 bits per heavy atom. The molecule has 8 rings (SSSR count). The van der Waals surface area contributed by atoms with Gasteiger partial charge in [-0.25, -0.2) is 0 Å². The number of fused-ring (bicyclic) bond motifs is 13. The molecule has 0 saturated carbocycles. The molecule has 0 spiro atoms. The van der Waals surface area contributed by atoms with E-state index in [-0.39, 0.29) is 12.3 Å². The van der Waals surface area contributed by atoms with Crippen molar-refractivity contribution < 1.29 is 19.7 Å². The maximum atomic E-state index is 13.2. The van der Waals surface area contributed by atoms with Crippen molar-refractivity contribution in [2.75, 3.05) is 0 Å². The van der Waals surface area contributed by atoms with E-state index in [1.54, 1.807) is 0 Å². The summed E-state index contributed by atoms with van der Waals surface area (Å²) >= 11 is 0. The lowest BCUT2D eigenvalue weighted by atomic mass is 9.95. The van der Waals surface area contributed by atoms with Gasteiger partial charge in [0.2, 0.25) is 0 Å². The van der Waals surface area contributed by atoms with E-state index in [1.165, 1.54) is 0 Å². The summed E-state index contributed by atoms with van der Waals surface area (Å²) in [6.07, 6.45) is -2.28. The topological polar surface area (TPSA) is 88.7 Å². The number of aromatic nitrogens is 2. The third-order valence-electron chi connectivity index (χ3n) is 7.98. The summed E-state index contributed by atoms with van der Waals surface area (Å²) in [5.41, 5.74) is 4.25. The monoisotopic (exact) mass is 439 g/mol. The molecule has 0 unspecified atom stereocenters. The van der Waals surface area contributed by atoms with Gasteiger partial charge in [-0.05, 0) is 24.6 Å². The molecule has 0 radical (unpaired) electrons. The van der Waals surface area contributed by atoms with Crippen molar-refractivity contribution in [3.05, 3.63) is 59.7 Å². The highest BCUT2D eigenvalue weighted by molar-refractivity contribution is 6.31. The first-order valence-electron chi connectivity index (χ1n) is 11.3. The molecule has 7 heteroatoms. The summed E-state index contributed by atoms with van der Waals surface area (Å²) in [6.45, 7) is 2.32. The minimum absolute atomic E-state index is 0.0638. The van der Waals surface area contributed by atoms with E-state index in [2.05, 4.69) is 20.5 Å². The van der Waals surface area contributed by atoms with Crippen molar-refractivity contribution in [3.63, 3.8) is 0 Å². The fourth-order valence-corrected chi connectivity index (χ4v) is 6.67. The van der Waals surface area contributed by atoms with Crippen LogP contribution >= 0.6 is 0 Å². The Labute approximate surface area is 187 Å². The summed E-state index contributed by atoms with van der Waals surface area (Å²) in [5, 5.41) is 29.2. The third kappa shape index (κ3) is 1.85. The Kier molecular flexibility index (Phi) is 3.05. The number of benzene rings is 3.